The molecule has 0 aliphatic carbocycles. The van der Waals surface area contributed by atoms with Crippen LogP contribution in [0.5, 0.6) is 5.75 Å². The molecular weight excluding hydrogens is 184 g/mol. The molecular formula is C9H8N2O3. The second kappa shape index (κ2) is 3.02. The minimum absolute atomic E-state index is 0.0891. The number of carboxylic acid groups (broad SMARTS) is 1. The fourth-order valence-electron chi connectivity index (χ4n) is 1.37. The van der Waals surface area contributed by atoms with E-state index in [0.717, 1.165) is 0 Å². The van der Waals surface area contributed by atoms with Gasteiger partial charge in [-0.3, -0.25) is 0 Å². The molecule has 2 aromatic rings. The molecule has 0 amide bonds. The van der Waals surface area contributed by atoms with Gasteiger partial charge in [0, 0.05) is 0 Å². The first-order chi connectivity index (χ1) is 6.74. The van der Waals surface area contributed by atoms with Gasteiger partial charge in [-0.1, -0.05) is 0 Å². The highest BCUT2D eigenvalue weighted by molar-refractivity contribution is 6.03. The van der Waals surface area contributed by atoms with Gasteiger partial charge in [0.05, 0.1) is 19.0 Å². The number of carboxylic acids is 1. The van der Waals surface area contributed by atoms with Crippen LogP contribution in [0.25, 0.3) is 11.0 Å². The zero-order chi connectivity index (χ0) is 10.1. The number of hydrogen-bond acceptors (Lipinski definition) is 3. The van der Waals surface area contributed by atoms with Gasteiger partial charge in [-0.15, -0.1) is 0 Å². The summed E-state index contributed by atoms with van der Waals surface area (Å²) in [5, 5.41) is 8.98. The number of nitrogens with zero attached hydrogens (tertiary/aromatic N) is 1. The van der Waals surface area contributed by atoms with Gasteiger partial charge in [-0.25, -0.2) is 9.78 Å². The summed E-state index contributed by atoms with van der Waals surface area (Å²) in [4.78, 5) is 17.7. The van der Waals surface area contributed by atoms with E-state index in [0.29, 0.717) is 16.8 Å². The fraction of sp³-hybridized carbons (Fsp3) is 0.111. The van der Waals surface area contributed by atoms with Crippen molar-refractivity contribution in [2.45, 2.75) is 0 Å². The molecule has 72 valence electrons. The molecule has 0 aliphatic heterocycles. The summed E-state index contributed by atoms with van der Waals surface area (Å²) in [6, 6.07) is 3.33. The lowest BCUT2D eigenvalue weighted by Crippen LogP contribution is -2.01. The van der Waals surface area contributed by atoms with Crippen LogP contribution in [0.2, 0.25) is 0 Å². The number of imidazole rings is 1. The van der Waals surface area contributed by atoms with Gasteiger partial charge < -0.3 is 14.8 Å². The third-order valence-electron chi connectivity index (χ3n) is 1.99. The fourth-order valence-corrected chi connectivity index (χ4v) is 1.37. The monoisotopic (exact) mass is 192 g/mol. The van der Waals surface area contributed by atoms with E-state index in [1.807, 2.05) is 0 Å². The van der Waals surface area contributed by atoms with Crippen LogP contribution in [0.15, 0.2) is 18.5 Å². The largest absolute Gasteiger partial charge is 0.496 e. The number of ether oxygens (including phenoxy) is 1. The Morgan fingerprint density at radius 1 is 1.57 bits per heavy atom. The maximum Gasteiger partial charge on any atom is 0.341 e. The van der Waals surface area contributed by atoms with Crippen LogP contribution in [0.4, 0.5) is 0 Å². The highest BCUT2D eigenvalue weighted by Gasteiger charge is 2.16. The Balaban J connectivity index is 2.82. The van der Waals surface area contributed by atoms with E-state index in [4.69, 9.17) is 9.84 Å². The zero-order valence-electron chi connectivity index (χ0n) is 7.44. The van der Waals surface area contributed by atoms with Crippen molar-refractivity contribution in [1.29, 1.82) is 0 Å². The minimum Gasteiger partial charge on any atom is -0.496 e. The lowest BCUT2D eigenvalue weighted by Gasteiger charge is -2.04. The van der Waals surface area contributed by atoms with Crippen molar-refractivity contribution < 1.29 is 14.6 Å². The molecule has 0 radical (unpaired) electrons. The Hall–Kier alpha value is -2.04. The van der Waals surface area contributed by atoms with Crippen molar-refractivity contribution in [3.63, 3.8) is 0 Å². The van der Waals surface area contributed by atoms with Crippen LogP contribution in [-0.2, 0) is 0 Å². The van der Waals surface area contributed by atoms with Crippen molar-refractivity contribution in [3.8, 4) is 5.75 Å². The van der Waals surface area contributed by atoms with E-state index in [2.05, 4.69) is 9.97 Å². The molecule has 0 saturated heterocycles. The van der Waals surface area contributed by atoms with Gasteiger partial charge in [0.25, 0.3) is 0 Å². The van der Waals surface area contributed by atoms with Crippen LogP contribution < -0.4 is 4.74 Å². The number of nitrogens with one attached hydrogen (secondary N) is 1. The second-order valence-corrected chi connectivity index (χ2v) is 2.75. The molecule has 1 heterocycles. The summed E-state index contributed by atoms with van der Waals surface area (Å²) in [6.45, 7) is 0. The number of carbonyl (C=O) groups is 1. The number of aromatic nitrogens is 2. The first-order valence-corrected chi connectivity index (χ1v) is 3.97. The van der Waals surface area contributed by atoms with E-state index in [1.54, 1.807) is 12.1 Å². The smallest absolute Gasteiger partial charge is 0.341 e. The zero-order valence-corrected chi connectivity index (χ0v) is 7.44. The number of fused-ring (bicyclic) bond motifs is 1. The van der Waals surface area contributed by atoms with Gasteiger partial charge in [0.2, 0.25) is 0 Å². The molecule has 0 saturated carbocycles. The Kier molecular flexibility index (Phi) is 1.85. The molecule has 0 bridgehead atoms. The summed E-state index contributed by atoms with van der Waals surface area (Å²) >= 11 is 0. The maximum absolute atomic E-state index is 11.0. The Morgan fingerprint density at radius 2 is 2.36 bits per heavy atom. The lowest BCUT2D eigenvalue weighted by molar-refractivity contribution is 0.0695. The minimum atomic E-state index is -1.04. The molecule has 0 unspecified atom stereocenters. The normalized spacial score (nSPS) is 10.4. The van der Waals surface area contributed by atoms with E-state index >= 15 is 0 Å². The van der Waals surface area contributed by atoms with Crippen LogP contribution in [0.1, 0.15) is 10.4 Å². The number of H-pyrrole nitrogens is 1. The van der Waals surface area contributed by atoms with E-state index < -0.39 is 5.97 Å². The highest BCUT2D eigenvalue weighted by Crippen LogP contribution is 2.25. The molecule has 2 N–H and O–H groups in total. The van der Waals surface area contributed by atoms with Gasteiger partial charge in [0.15, 0.2) is 0 Å². The summed E-state index contributed by atoms with van der Waals surface area (Å²) in [7, 11) is 1.43. The number of aromatic amines is 1. The first-order valence-electron chi connectivity index (χ1n) is 3.97. The summed E-state index contributed by atoms with van der Waals surface area (Å²) < 4.78 is 4.95. The van der Waals surface area contributed by atoms with E-state index in [9.17, 15) is 4.79 Å². The van der Waals surface area contributed by atoms with Crippen LogP contribution in [-0.4, -0.2) is 28.2 Å². The van der Waals surface area contributed by atoms with Crippen LogP contribution in [0, 0.1) is 0 Å². The van der Waals surface area contributed by atoms with Gasteiger partial charge in [-0.05, 0) is 12.1 Å². The molecule has 0 fully saturated rings. The average Bonchev–Trinajstić information content (AvgIpc) is 2.62. The van der Waals surface area contributed by atoms with Crippen LogP contribution >= 0.6 is 0 Å². The second-order valence-electron chi connectivity index (χ2n) is 2.75. The quantitative estimate of drug-likeness (QED) is 0.751. The van der Waals surface area contributed by atoms with Crippen molar-refractivity contribution >= 4 is 17.0 Å². The Bertz CT molecular complexity index is 490. The third-order valence-corrected chi connectivity index (χ3v) is 1.99. The average molecular weight is 192 g/mol. The van der Waals surface area contributed by atoms with Crippen molar-refractivity contribution in [2.75, 3.05) is 7.11 Å². The van der Waals surface area contributed by atoms with Gasteiger partial charge >= 0.3 is 5.97 Å². The van der Waals surface area contributed by atoms with Gasteiger partial charge in [0.1, 0.15) is 16.8 Å². The molecule has 1 aromatic carbocycles. The highest BCUT2D eigenvalue weighted by atomic mass is 16.5. The molecule has 5 heteroatoms. The van der Waals surface area contributed by atoms with Crippen molar-refractivity contribution in [2.24, 2.45) is 0 Å². The Labute approximate surface area is 79.3 Å². The van der Waals surface area contributed by atoms with Gasteiger partial charge in [-0.2, -0.15) is 0 Å². The Morgan fingerprint density at radius 3 is 3.00 bits per heavy atom. The summed E-state index contributed by atoms with van der Waals surface area (Å²) in [6.07, 6.45) is 1.45. The number of rotatable bonds is 2. The molecule has 1 aromatic heterocycles. The van der Waals surface area contributed by atoms with Crippen molar-refractivity contribution in [1.82, 2.24) is 9.97 Å². The standard InChI is InChI=1S/C9H8N2O3/c1-14-6-3-2-5-8(11-4-10-5)7(6)9(12)13/h2-4H,1H3,(H,10,11)(H,12,13). The van der Waals surface area contributed by atoms with Crippen LogP contribution in [0.3, 0.4) is 0 Å². The topological polar surface area (TPSA) is 75.2 Å². The first kappa shape index (κ1) is 8.55. The predicted molar refractivity (Wildman–Crippen MR) is 49.6 cm³/mol. The number of hydrogen-bond donors (Lipinski definition) is 2. The van der Waals surface area contributed by atoms with E-state index in [-0.39, 0.29) is 5.56 Å². The summed E-state index contributed by atoms with van der Waals surface area (Å²) in [5.74, 6) is -0.725. The molecule has 0 aliphatic rings. The third kappa shape index (κ3) is 1.10. The predicted octanol–water partition coefficient (Wildman–Crippen LogP) is 1.27. The molecule has 5 nitrogen and oxygen atoms in total. The molecule has 0 spiro atoms. The van der Waals surface area contributed by atoms with E-state index in [1.165, 1.54) is 13.4 Å². The number of methoxy groups -OCH3 is 1. The SMILES string of the molecule is COc1ccc2[nH]cnc2c1C(=O)O. The molecule has 2 rings (SSSR count). The molecule has 0 atom stereocenters. The summed E-state index contributed by atoms with van der Waals surface area (Å²) in [5.41, 5.74) is 1.19. The number of aromatic carboxylic acids is 1. The van der Waals surface area contributed by atoms with Crippen molar-refractivity contribution in [3.05, 3.63) is 24.0 Å². The number of benzene rings is 1. The molecule has 14 heavy (non-hydrogen) atoms. The lowest BCUT2D eigenvalue weighted by atomic mass is 10.1. The maximum atomic E-state index is 11.0.